The molecule has 2 aliphatic rings. The van der Waals surface area contributed by atoms with Crippen molar-refractivity contribution in [3.05, 3.63) is 29.3 Å². The summed E-state index contributed by atoms with van der Waals surface area (Å²) in [5.41, 5.74) is 1.16. The number of nitrogens with one attached hydrogen (secondary N) is 3. The lowest BCUT2D eigenvalue weighted by atomic mass is 10.3. The van der Waals surface area contributed by atoms with Gasteiger partial charge in [0.05, 0.1) is 0 Å². The number of carbonyl (C=O) groups excluding carboxylic acids is 1. The van der Waals surface area contributed by atoms with Crippen LogP contribution in [0.5, 0.6) is 0 Å². The Kier molecular flexibility index (Phi) is 8.27. The van der Waals surface area contributed by atoms with Gasteiger partial charge in [-0.15, -0.1) is 24.0 Å². The molecule has 1 atom stereocenters. The molecule has 6 nitrogen and oxygen atoms in total. The average molecular weight is 492 g/mol. The summed E-state index contributed by atoms with van der Waals surface area (Å²) in [6, 6.07) is 8.30. The van der Waals surface area contributed by atoms with Crippen LogP contribution >= 0.6 is 35.6 Å². The highest BCUT2D eigenvalue weighted by molar-refractivity contribution is 14.0. The fraction of sp³-hybridized carbons (Fsp3) is 0.556. The van der Waals surface area contributed by atoms with Crippen molar-refractivity contribution in [2.45, 2.75) is 25.3 Å². The Morgan fingerprint density at radius 2 is 2.04 bits per heavy atom. The SMILES string of the molecule is CN=C(NCCNC(=O)C1CC1)NC1CCN(c2cccc(Cl)c2)C1.I. The molecule has 1 aliphatic carbocycles. The van der Waals surface area contributed by atoms with Crippen LogP contribution in [-0.4, -0.2) is 51.1 Å². The minimum Gasteiger partial charge on any atom is -0.369 e. The number of rotatable bonds is 6. The fourth-order valence-electron chi connectivity index (χ4n) is 3.03. The molecule has 0 aromatic heterocycles. The minimum absolute atomic E-state index is 0. The van der Waals surface area contributed by atoms with Crippen LogP contribution in [0.25, 0.3) is 0 Å². The molecule has 0 bridgehead atoms. The smallest absolute Gasteiger partial charge is 0.223 e. The Morgan fingerprint density at radius 1 is 1.27 bits per heavy atom. The number of amides is 1. The molecule has 8 heteroatoms. The molecule has 2 fully saturated rings. The van der Waals surface area contributed by atoms with Gasteiger partial charge in [0.25, 0.3) is 0 Å². The Hall–Kier alpha value is -1.22. The summed E-state index contributed by atoms with van der Waals surface area (Å²) in [7, 11) is 1.77. The van der Waals surface area contributed by atoms with Crippen molar-refractivity contribution in [2.75, 3.05) is 38.1 Å². The van der Waals surface area contributed by atoms with Crippen molar-refractivity contribution < 1.29 is 4.79 Å². The molecule has 1 saturated carbocycles. The number of carbonyl (C=O) groups is 1. The van der Waals surface area contributed by atoms with Gasteiger partial charge in [-0.05, 0) is 37.5 Å². The third-order valence-electron chi connectivity index (χ3n) is 4.59. The molecular weight excluding hydrogens is 465 g/mol. The van der Waals surface area contributed by atoms with Gasteiger partial charge in [-0.1, -0.05) is 17.7 Å². The van der Waals surface area contributed by atoms with Crippen LogP contribution in [0.4, 0.5) is 5.69 Å². The quantitative estimate of drug-likeness (QED) is 0.247. The van der Waals surface area contributed by atoms with Crippen molar-refractivity contribution in [3.63, 3.8) is 0 Å². The van der Waals surface area contributed by atoms with E-state index in [0.717, 1.165) is 49.0 Å². The highest BCUT2D eigenvalue weighted by Gasteiger charge is 2.29. The molecule has 1 aromatic carbocycles. The summed E-state index contributed by atoms with van der Waals surface area (Å²) >= 11 is 6.08. The molecular formula is C18H27ClIN5O. The number of hydrogen-bond donors (Lipinski definition) is 3. The maximum Gasteiger partial charge on any atom is 0.223 e. The van der Waals surface area contributed by atoms with E-state index in [1.165, 1.54) is 0 Å². The lowest BCUT2D eigenvalue weighted by Gasteiger charge is -2.20. The number of anilines is 1. The van der Waals surface area contributed by atoms with E-state index in [9.17, 15) is 4.79 Å². The number of aliphatic imine (C=N–C) groups is 1. The lowest BCUT2D eigenvalue weighted by Crippen LogP contribution is -2.46. The van der Waals surface area contributed by atoms with Crippen LogP contribution in [0, 0.1) is 5.92 Å². The molecule has 1 unspecified atom stereocenters. The van der Waals surface area contributed by atoms with Crippen LogP contribution in [-0.2, 0) is 4.79 Å². The van der Waals surface area contributed by atoms with Crippen molar-refractivity contribution in [2.24, 2.45) is 10.9 Å². The van der Waals surface area contributed by atoms with E-state index in [2.05, 4.69) is 31.9 Å². The van der Waals surface area contributed by atoms with E-state index < -0.39 is 0 Å². The molecule has 1 amide bonds. The standard InChI is InChI=1S/C18H26ClN5O.HI/c1-20-18(22-9-8-21-17(25)13-5-6-13)23-15-7-10-24(12-15)16-4-2-3-14(19)11-16;/h2-4,11,13,15H,5-10,12H2,1H3,(H,21,25)(H2,20,22,23);1H. The van der Waals surface area contributed by atoms with Gasteiger partial charge in [0.15, 0.2) is 5.96 Å². The number of guanidine groups is 1. The van der Waals surface area contributed by atoms with E-state index in [0.29, 0.717) is 19.1 Å². The average Bonchev–Trinajstić information content (AvgIpc) is 3.36. The normalized spacial score (nSPS) is 19.7. The first-order chi connectivity index (χ1) is 12.2. The first-order valence-electron chi connectivity index (χ1n) is 8.91. The monoisotopic (exact) mass is 491 g/mol. The van der Waals surface area contributed by atoms with Gasteiger partial charge in [0.2, 0.25) is 5.91 Å². The zero-order chi connectivity index (χ0) is 17.6. The summed E-state index contributed by atoms with van der Waals surface area (Å²) in [4.78, 5) is 18.2. The summed E-state index contributed by atoms with van der Waals surface area (Å²) < 4.78 is 0. The second kappa shape index (κ2) is 10.2. The van der Waals surface area contributed by atoms with Gasteiger partial charge < -0.3 is 20.9 Å². The Bertz CT molecular complexity index is 638. The predicted molar refractivity (Wildman–Crippen MR) is 118 cm³/mol. The summed E-state index contributed by atoms with van der Waals surface area (Å²) in [5.74, 6) is 1.21. The Morgan fingerprint density at radius 3 is 2.73 bits per heavy atom. The highest BCUT2D eigenvalue weighted by atomic mass is 127. The second-order valence-electron chi connectivity index (χ2n) is 6.62. The molecule has 1 saturated heterocycles. The molecule has 3 N–H and O–H groups in total. The van der Waals surface area contributed by atoms with Crippen LogP contribution in [0.2, 0.25) is 5.02 Å². The topological polar surface area (TPSA) is 68.8 Å². The summed E-state index contributed by atoms with van der Waals surface area (Å²) in [5, 5.41) is 10.4. The predicted octanol–water partition coefficient (Wildman–Crippen LogP) is 2.23. The van der Waals surface area contributed by atoms with Crippen LogP contribution in [0.1, 0.15) is 19.3 Å². The van der Waals surface area contributed by atoms with Crippen molar-refractivity contribution >= 4 is 53.1 Å². The highest BCUT2D eigenvalue weighted by Crippen LogP contribution is 2.28. The van der Waals surface area contributed by atoms with Crippen molar-refractivity contribution in [1.29, 1.82) is 0 Å². The van der Waals surface area contributed by atoms with Gasteiger partial charge in [-0.2, -0.15) is 0 Å². The maximum atomic E-state index is 11.6. The summed E-state index contributed by atoms with van der Waals surface area (Å²) in [6.45, 7) is 3.20. The van der Waals surface area contributed by atoms with E-state index in [-0.39, 0.29) is 35.8 Å². The van der Waals surface area contributed by atoms with Gasteiger partial charge in [-0.3, -0.25) is 9.79 Å². The van der Waals surface area contributed by atoms with Crippen LogP contribution in [0.15, 0.2) is 29.3 Å². The van der Waals surface area contributed by atoms with E-state index in [1.807, 2.05) is 18.2 Å². The molecule has 1 aromatic rings. The number of benzene rings is 1. The fourth-order valence-corrected chi connectivity index (χ4v) is 3.21. The van der Waals surface area contributed by atoms with Gasteiger partial charge >= 0.3 is 0 Å². The largest absolute Gasteiger partial charge is 0.369 e. The maximum absolute atomic E-state index is 11.6. The first-order valence-corrected chi connectivity index (χ1v) is 9.29. The molecule has 0 spiro atoms. The number of halogens is 2. The number of hydrogen-bond acceptors (Lipinski definition) is 3. The number of nitrogens with zero attached hydrogens (tertiary/aromatic N) is 2. The van der Waals surface area contributed by atoms with E-state index in [4.69, 9.17) is 11.6 Å². The van der Waals surface area contributed by atoms with Crippen LogP contribution < -0.4 is 20.9 Å². The molecule has 144 valence electrons. The second-order valence-corrected chi connectivity index (χ2v) is 7.06. The molecule has 1 aliphatic heterocycles. The molecule has 1 heterocycles. The zero-order valence-corrected chi connectivity index (χ0v) is 18.1. The minimum atomic E-state index is 0. The van der Waals surface area contributed by atoms with E-state index >= 15 is 0 Å². The van der Waals surface area contributed by atoms with Gasteiger partial charge in [0, 0.05) is 55.9 Å². The van der Waals surface area contributed by atoms with Crippen molar-refractivity contribution in [3.8, 4) is 0 Å². The first kappa shape index (κ1) is 21.1. The zero-order valence-electron chi connectivity index (χ0n) is 15.0. The van der Waals surface area contributed by atoms with E-state index in [1.54, 1.807) is 7.05 Å². The Balaban J connectivity index is 0.00000243. The molecule has 3 rings (SSSR count). The lowest BCUT2D eigenvalue weighted by molar-refractivity contribution is -0.122. The molecule has 0 radical (unpaired) electrons. The van der Waals surface area contributed by atoms with Crippen LogP contribution in [0.3, 0.4) is 0 Å². The van der Waals surface area contributed by atoms with Gasteiger partial charge in [-0.25, -0.2) is 0 Å². The van der Waals surface area contributed by atoms with Gasteiger partial charge in [0.1, 0.15) is 0 Å². The molecule has 26 heavy (non-hydrogen) atoms. The third kappa shape index (κ3) is 6.19. The summed E-state index contributed by atoms with van der Waals surface area (Å²) in [6.07, 6.45) is 3.12. The third-order valence-corrected chi connectivity index (χ3v) is 4.83. The Labute approximate surface area is 177 Å². The van der Waals surface area contributed by atoms with Crippen molar-refractivity contribution in [1.82, 2.24) is 16.0 Å².